The molecule has 2 aromatic rings. The number of hydrogen-bond donors (Lipinski definition) is 2. The molecule has 1 spiro atoms. The zero-order chi connectivity index (χ0) is 25.6. The van der Waals surface area contributed by atoms with Crippen molar-refractivity contribution in [3.8, 4) is 5.75 Å². The smallest absolute Gasteiger partial charge is 0.246 e. The van der Waals surface area contributed by atoms with Crippen LogP contribution in [0.1, 0.15) is 37.0 Å². The van der Waals surface area contributed by atoms with E-state index in [-0.39, 0.29) is 23.8 Å². The third-order valence-corrected chi connectivity index (χ3v) is 9.00. The van der Waals surface area contributed by atoms with Crippen molar-refractivity contribution >= 4 is 34.7 Å². The standard InChI is InChI=1S/C28H31N3O5S/c1-35-19-11-9-18(10-12-19)29-25(32)22-21-13-14-28(36-21)23(22)27(34)31(16-20-8-5-15-37-20)24(28)26(33)30-17-6-3-2-4-7-17/h5,8-15,17,21-24H,2-4,6-7,16H2,1H3,(H,29,32)(H,30,33). The van der Waals surface area contributed by atoms with Gasteiger partial charge in [0.25, 0.3) is 0 Å². The van der Waals surface area contributed by atoms with Crippen LogP contribution in [0.3, 0.4) is 0 Å². The highest BCUT2D eigenvalue weighted by molar-refractivity contribution is 7.09. The minimum absolute atomic E-state index is 0.104. The van der Waals surface area contributed by atoms with Crippen molar-refractivity contribution in [1.29, 1.82) is 0 Å². The minimum Gasteiger partial charge on any atom is -0.497 e. The number of methoxy groups -OCH3 is 1. The Kier molecular flexibility index (Phi) is 6.28. The molecule has 8 nitrogen and oxygen atoms in total. The SMILES string of the molecule is COc1ccc(NC(=O)C2C3C=CC4(O3)C2C(=O)N(Cc2cccs2)C4C(=O)NC2CCCCC2)cc1. The highest BCUT2D eigenvalue weighted by Crippen LogP contribution is 2.55. The van der Waals surface area contributed by atoms with Gasteiger partial charge in [0.05, 0.1) is 31.6 Å². The second kappa shape index (κ2) is 9.61. The van der Waals surface area contributed by atoms with E-state index in [1.807, 2.05) is 29.7 Å². The van der Waals surface area contributed by atoms with E-state index in [4.69, 9.17) is 9.47 Å². The first-order valence-corrected chi connectivity index (χ1v) is 13.8. The Morgan fingerprint density at radius 2 is 1.92 bits per heavy atom. The van der Waals surface area contributed by atoms with E-state index in [1.54, 1.807) is 47.6 Å². The number of nitrogens with one attached hydrogen (secondary N) is 2. The van der Waals surface area contributed by atoms with Crippen LogP contribution in [0.5, 0.6) is 5.75 Å². The Labute approximate surface area is 220 Å². The van der Waals surface area contributed by atoms with E-state index in [2.05, 4.69) is 10.6 Å². The third kappa shape index (κ3) is 4.14. The van der Waals surface area contributed by atoms with Crippen LogP contribution in [0, 0.1) is 11.8 Å². The predicted octanol–water partition coefficient (Wildman–Crippen LogP) is 3.49. The second-order valence-electron chi connectivity index (χ2n) is 10.3. The fourth-order valence-electron chi connectivity index (χ4n) is 6.44. The number of rotatable bonds is 7. The lowest BCUT2D eigenvalue weighted by Gasteiger charge is -2.34. The van der Waals surface area contributed by atoms with Gasteiger partial charge in [0.1, 0.15) is 17.4 Å². The van der Waals surface area contributed by atoms with Crippen molar-refractivity contribution in [1.82, 2.24) is 10.2 Å². The number of hydrogen-bond acceptors (Lipinski definition) is 6. The van der Waals surface area contributed by atoms with E-state index in [9.17, 15) is 14.4 Å². The second-order valence-corrected chi connectivity index (χ2v) is 11.3. The molecule has 0 radical (unpaired) electrons. The Balaban J connectivity index is 1.29. The van der Waals surface area contributed by atoms with Crippen molar-refractivity contribution in [3.63, 3.8) is 0 Å². The van der Waals surface area contributed by atoms with Crippen LogP contribution >= 0.6 is 11.3 Å². The molecule has 9 heteroatoms. The maximum atomic E-state index is 14.0. The fourth-order valence-corrected chi connectivity index (χ4v) is 7.14. The quantitative estimate of drug-likeness (QED) is 0.544. The molecular weight excluding hydrogens is 490 g/mol. The zero-order valence-electron chi connectivity index (χ0n) is 20.7. The van der Waals surface area contributed by atoms with Gasteiger partial charge in [-0.2, -0.15) is 0 Å². The fraction of sp³-hybridized carbons (Fsp3) is 0.464. The number of anilines is 1. The lowest BCUT2D eigenvalue weighted by atomic mass is 9.74. The summed E-state index contributed by atoms with van der Waals surface area (Å²) in [5.74, 6) is -1.49. The van der Waals surface area contributed by atoms with Crippen molar-refractivity contribution in [2.75, 3.05) is 12.4 Å². The highest BCUT2D eigenvalue weighted by atomic mass is 32.1. The molecule has 37 heavy (non-hydrogen) atoms. The topological polar surface area (TPSA) is 97.0 Å². The van der Waals surface area contributed by atoms with Gasteiger partial charge in [0.15, 0.2) is 0 Å². The normalized spacial score (nSPS) is 30.4. The van der Waals surface area contributed by atoms with Crippen LogP contribution in [0.15, 0.2) is 53.9 Å². The van der Waals surface area contributed by atoms with E-state index >= 15 is 0 Å². The van der Waals surface area contributed by atoms with Gasteiger partial charge >= 0.3 is 0 Å². The third-order valence-electron chi connectivity index (χ3n) is 8.14. The molecule has 2 bridgehead atoms. The van der Waals surface area contributed by atoms with Crippen molar-refractivity contribution in [2.45, 2.75) is 62.4 Å². The molecule has 5 atom stereocenters. The Morgan fingerprint density at radius 3 is 2.62 bits per heavy atom. The van der Waals surface area contributed by atoms with Crippen LogP contribution < -0.4 is 15.4 Å². The molecular formula is C28H31N3O5S. The number of amides is 3. The Morgan fingerprint density at radius 1 is 1.14 bits per heavy atom. The lowest BCUT2D eigenvalue weighted by molar-refractivity contribution is -0.142. The van der Waals surface area contributed by atoms with Gasteiger partial charge in [-0.05, 0) is 48.6 Å². The molecule has 3 aliphatic heterocycles. The zero-order valence-corrected chi connectivity index (χ0v) is 21.5. The molecule has 3 fully saturated rings. The summed E-state index contributed by atoms with van der Waals surface area (Å²) in [6.07, 6.45) is 8.40. The number of carbonyl (C=O) groups is 3. The molecule has 3 amide bonds. The summed E-state index contributed by atoms with van der Waals surface area (Å²) in [5, 5.41) is 8.12. The average Bonchev–Trinajstić information content (AvgIpc) is 3.68. The molecule has 4 heterocycles. The number of ether oxygens (including phenoxy) is 2. The summed E-state index contributed by atoms with van der Waals surface area (Å²) < 4.78 is 11.6. The lowest BCUT2D eigenvalue weighted by Crippen LogP contribution is -2.56. The van der Waals surface area contributed by atoms with Gasteiger partial charge in [-0.25, -0.2) is 0 Å². The number of benzene rings is 1. The number of fused-ring (bicyclic) bond motifs is 1. The van der Waals surface area contributed by atoms with Gasteiger partial charge in [0, 0.05) is 16.6 Å². The van der Waals surface area contributed by atoms with Crippen LogP contribution in [0.25, 0.3) is 0 Å². The summed E-state index contributed by atoms with van der Waals surface area (Å²) in [4.78, 5) is 44.0. The van der Waals surface area contributed by atoms with E-state index < -0.39 is 29.6 Å². The molecule has 1 aliphatic carbocycles. The molecule has 194 valence electrons. The number of likely N-dealkylation sites (tertiary alicyclic amines) is 1. The van der Waals surface area contributed by atoms with E-state index in [1.165, 1.54) is 6.42 Å². The summed E-state index contributed by atoms with van der Waals surface area (Å²) in [5.41, 5.74) is -0.543. The van der Waals surface area contributed by atoms with Gasteiger partial charge < -0.3 is 25.0 Å². The summed E-state index contributed by atoms with van der Waals surface area (Å²) in [6, 6.07) is 10.2. The van der Waals surface area contributed by atoms with Gasteiger partial charge in [0.2, 0.25) is 17.7 Å². The number of carbonyl (C=O) groups excluding carboxylic acids is 3. The van der Waals surface area contributed by atoms with Gasteiger partial charge in [-0.1, -0.05) is 37.5 Å². The van der Waals surface area contributed by atoms with E-state index in [0.717, 1.165) is 30.6 Å². The van der Waals surface area contributed by atoms with Crippen LogP contribution in [-0.4, -0.2) is 53.5 Å². The Bertz CT molecular complexity index is 1210. The maximum Gasteiger partial charge on any atom is 0.246 e. The molecule has 1 saturated carbocycles. The van der Waals surface area contributed by atoms with Crippen molar-refractivity contribution < 1.29 is 23.9 Å². The molecule has 4 aliphatic rings. The van der Waals surface area contributed by atoms with Crippen molar-refractivity contribution in [3.05, 3.63) is 58.8 Å². The molecule has 1 aromatic carbocycles. The number of nitrogens with zero attached hydrogens (tertiary/aromatic N) is 1. The van der Waals surface area contributed by atoms with Crippen molar-refractivity contribution in [2.24, 2.45) is 11.8 Å². The van der Waals surface area contributed by atoms with Gasteiger partial charge in [-0.15, -0.1) is 11.3 Å². The highest BCUT2D eigenvalue weighted by Gasteiger charge is 2.72. The molecule has 1 aromatic heterocycles. The maximum absolute atomic E-state index is 14.0. The first-order valence-electron chi connectivity index (χ1n) is 13.0. The minimum atomic E-state index is -1.15. The molecule has 2 N–H and O–H groups in total. The molecule has 5 unspecified atom stereocenters. The summed E-state index contributed by atoms with van der Waals surface area (Å²) >= 11 is 1.54. The average molecular weight is 522 g/mol. The largest absolute Gasteiger partial charge is 0.497 e. The van der Waals surface area contributed by atoms with Crippen LogP contribution in [0.4, 0.5) is 5.69 Å². The first kappa shape index (κ1) is 24.2. The van der Waals surface area contributed by atoms with Crippen LogP contribution in [0.2, 0.25) is 0 Å². The van der Waals surface area contributed by atoms with Gasteiger partial charge in [-0.3, -0.25) is 14.4 Å². The van der Waals surface area contributed by atoms with E-state index in [0.29, 0.717) is 18.0 Å². The first-order chi connectivity index (χ1) is 18.0. The Hall–Kier alpha value is -3.17. The predicted molar refractivity (Wildman–Crippen MR) is 139 cm³/mol. The number of thiophene rings is 1. The van der Waals surface area contributed by atoms with Crippen LogP contribution in [-0.2, 0) is 25.7 Å². The molecule has 2 saturated heterocycles. The summed E-state index contributed by atoms with van der Waals surface area (Å²) in [6.45, 7) is 0.312. The summed E-state index contributed by atoms with van der Waals surface area (Å²) in [7, 11) is 1.58. The monoisotopic (exact) mass is 521 g/mol. The molecule has 6 rings (SSSR count).